The quantitative estimate of drug-likeness (QED) is 0.768. The molecule has 2 heterocycles. The van der Waals surface area contributed by atoms with E-state index in [4.69, 9.17) is 4.74 Å². The Bertz CT molecular complexity index is 842. The summed E-state index contributed by atoms with van der Waals surface area (Å²) in [5, 5.41) is 3.42. The van der Waals surface area contributed by atoms with Gasteiger partial charge in [0.05, 0.1) is 11.6 Å². The molecule has 24 heavy (non-hydrogen) atoms. The zero-order valence-electron chi connectivity index (χ0n) is 13.9. The topological polar surface area (TPSA) is 60.3 Å². The van der Waals surface area contributed by atoms with E-state index in [0.717, 1.165) is 34.9 Å². The third kappa shape index (κ3) is 3.39. The van der Waals surface area contributed by atoms with E-state index in [9.17, 15) is 9.59 Å². The average molecular weight is 393 g/mol. The number of pyridine rings is 1. The number of carbonyl (C=O) groups excluding carboxylic acids is 1. The molecule has 128 valence electrons. The number of hydrogen-bond donors (Lipinski definition) is 1. The maximum absolute atomic E-state index is 12.7. The van der Waals surface area contributed by atoms with Crippen LogP contribution in [0.4, 0.5) is 0 Å². The van der Waals surface area contributed by atoms with Crippen LogP contribution in [0.3, 0.4) is 0 Å². The maximum atomic E-state index is 12.7. The van der Waals surface area contributed by atoms with Crippen molar-refractivity contribution < 1.29 is 9.53 Å². The predicted molar refractivity (Wildman–Crippen MR) is 97.7 cm³/mol. The first kappa shape index (κ1) is 17.2. The molecule has 1 aliphatic rings. The van der Waals surface area contributed by atoms with Crippen LogP contribution in [0.15, 0.2) is 27.6 Å². The molecule has 1 aromatic carbocycles. The lowest BCUT2D eigenvalue weighted by Crippen LogP contribution is -2.31. The van der Waals surface area contributed by atoms with Crippen LogP contribution in [0.25, 0.3) is 10.9 Å². The second-order valence-corrected chi connectivity index (χ2v) is 7.22. The number of ether oxygens (including phenoxy) is 1. The molecule has 0 aliphatic carbocycles. The summed E-state index contributed by atoms with van der Waals surface area (Å²) in [6.45, 7) is 5.84. The highest BCUT2D eigenvalue weighted by molar-refractivity contribution is 9.10. The van der Waals surface area contributed by atoms with Crippen molar-refractivity contribution >= 4 is 32.7 Å². The molecule has 1 aromatic heterocycles. The summed E-state index contributed by atoms with van der Waals surface area (Å²) in [4.78, 5) is 25.1. The largest absolute Gasteiger partial charge is 0.379 e. The minimum atomic E-state index is -0.316. The highest BCUT2D eigenvalue weighted by atomic mass is 79.9. The Morgan fingerprint density at radius 2 is 2.21 bits per heavy atom. The second kappa shape index (κ2) is 7.07. The molecule has 2 aromatic rings. The van der Waals surface area contributed by atoms with Crippen LogP contribution < -0.4 is 10.7 Å². The van der Waals surface area contributed by atoms with Crippen LogP contribution in [0.5, 0.6) is 0 Å². The van der Waals surface area contributed by atoms with Gasteiger partial charge in [-0.2, -0.15) is 0 Å². The standard InChI is InChI=1S/C18H21BrN2O3/c1-11(2)24-7-3-5-20-18(23)15-10-21-6-4-12-8-13(19)9-14(16(12)21)17(15)22/h8-11H,3-7H2,1-2H3,(H,20,23). The fraction of sp³-hybridized carbons (Fsp3) is 0.444. The minimum absolute atomic E-state index is 0.183. The highest BCUT2D eigenvalue weighted by Gasteiger charge is 2.21. The van der Waals surface area contributed by atoms with E-state index in [1.54, 1.807) is 12.3 Å². The van der Waals surface area contributed by atoms with Gasteiger partial charge in [-0.05, 0) is 44.4 Å². The molecule has 0 atom stereocenters. The zero-order valence-corrected chi connectivity index (χ0v) is 15.5. The van der Waals surface area contributed by atoms with E-state index in [0.29, 0.717) is 18.5 Å². The predicted octanol–water partition coefficient (Wildman–Crippen LogP) is 2.87. The fourth-order valence-electron chi connectivity index (χ4n) is 3.05. The van der Waals surface area contributed by atoms with Crippen molar-refractivity contribution in [2.45, 2.75) is 39.3 Å². The van der Waals surface area contributed by atoms with E-state index >= 15 is 0 Å². The molecule has 0 spiro atoms. The Kier molecular flexibility index (Phi) is 5.06. The van der Waals surface area contributed by atoms with Crippen molar-refractivity contribution in [2.24, 2.45) is 0 Å². The summed E-state index contributed by atoms with van der Waals surface area (Å²) in [6.07, 6.45) is 3.48. The second-order valence-electron chi connectivity index (χ2n) is 6.31. The molecule has 5 nitrogen and oxygen atoms in total. The van der Waals surface area contributed by atoms with Crippen LogP contribution in [-0.2, 0) is 17.7 Å². The molecular weight excluding hydrogens is 372 g/mol. The normalized spacial score (nSPS) is 13.0. The van der Waals surface area contributed by atoms with E-state index in [2.05, 4.69) is 21.2 Å². The van der Waals surface area contributed by atoms with Gasteiger partial charge in [-0.25, -0.2) is 0 Å². The third-order valence-electron chi connectivity index (χ3n) is 4.14. The molecule has 0 saturated heterocycles. The van der Waals surface area contributed by atoms with Crippen molar-refractivity contribution in [3.05, 3.63) is 44.2 Å². The van der Waals surface area contributed by atoms with Crippen LogP contribution in [0.2, 0.25) is 0 Å². The Morgan fingerprint density at radius 1 is 1.42 bits per heavy atom. The molecule has 6 heteroatoms. The first-order valence-corrected chi connectivity index (χ1v) is 9.02. The van der Waals surface area contributed by atoms with Crippen molar-refractivity contribution in [3.8, 4) is 0 Å². The monoisotopic (exact) mass is 392 g/mol. The summed E-state index contributed by atoms with van der Waals surface area (Å²) in [7, 11) is 0. The minimum Gasteiger partial charge on any atom is -0.379 e. The van der Waals surface area contributed by atoms with Crippen molar-refractivity contribution in [1.82, 2.24) is 9.88 Å². The third-order valence-corrected chi connectivity index (χ3v) is 4.60. The number of amides is 1. The molecular formula is C18H21BrN2O3. The molecule has 1 N–H and O–H groups in total. The Labute approximate surface area is 149 Å². The van der Waals surface area contributed by atoms with E-state index in [1.807, 2.05) is 24.5 Å². The zero-order chi connectivity index (χ0) is 17.3. The Hall–Kier alpha value is -1.66. The molecule has 0 unspecified atom stereocenters. The Morgan fingerprint density at radius 3 is 2.96 bits per heavy atom. The average Bonchev–Trinajstić information content (AvgIpc) is 2.93. The van der Waals surface area contributed by atoms with Crippen LogP contribution in [-0.4, -0.2) is 29.7 Å². The smallest absolute Gasteiger partial charge is 0.256 e. The molecule has 0 bridgehead atoms. The van der Waals surface area contributed by atoms with Crippen LogP contribution in [0.1, 0.15) is 36.2 Å². The molecule has 1 aliphatic heterocycles. The number of hydrogen-bond acceptors (Lipinski definition) is 3. The molecule has 1 amide bonds. The number of rotatable bonds is 6. The van der Waals surface area contributed by atoms with Gasteiger partial charge in [0.2, 0.25) is 5.43 Å². The van der Waals surface area contributed by atoms with Gasteiger partial charge >= 0.3 is 0 Å². The lowest BCUT2D eigenvalue weighted by atomic mass is 10.1. The first-order valence-electron chi connectivity index (χ1n) is 8.22. The summed E-state index contributed by atoms with van der Waals surface area (Å²) in [5.41, 5.74) is 2.10. The lowest BCUT2D eigenvalue weighted by molar-refractivity contribution is 0.0757. The maximum Gasteiger partial charge on any atom is 0.256 e. The van der Waals surface area contributed by atoms with E-state index in [-0.39, 0.29) is 23.0 Å². The summed E-state index contributed by atoms with van der Waals surface area (Å²) >= 11 is 3.45. The van der Waals surface area contributed by atoms with Gasteiger partial charge in [-0.1, -0.05) is 15.9 Å². The number of aromatic nitrogens is 1. The van der Waals surface area contributed by atoms with Gasteiger partial charge in [0, 0.05) is 35.8 Å². The molecule has 0 fully saturated rings. The van der Waals surface area contributed by atoms with Crippen LogP contribution >= 0.6 is 15.9 Å². The van der Waals surface area contributed by atoms with Gasteiger partial charge in [0.1, 0.15) is 5.56 Å². The summed E-state index contributed by atoms with van der Waals surface area (Å²) in [6, 6.07) is 3.84. The molecule has 0 radical (unpaired) electrons. The SMILES string of the molecule is CC(C)OCCCNC(=O)c1cn2c3c(cc(Br)cc3c1=O)CC2. The number of aryl methyl sites for hydroxylation is 2. The van der Waals surface area contributed by atoms with Crippen molar-refractivity contribution in [1.29, 1.82) is 0 Å². The van der Waals surface area contributed by atoms with Crippen molar-refractivity contribution in [2.75, 3.05) is 13.2 Å². The van der Waals surface area contributed by atoms with E-state index < -0.39 is 0 Å². The summed E-state index contributed by atoms with van der Waals surface area (Å²) < 4.78 is 8.33. The van der Waals surface area contributed by atoms with Gasteiger partial charge in [0.15, 0.2) is 0 Å². The van der Waals surface area contributed by atoms with Crippen LogP contribution in [0, 0.1) is 0 Å². The van der Waals surface area contributed by atoms with E-state index in [1.165, 1.54) is 0 Å². The van der Waals surface area contributed by atoms with Gasteiger partial charge < -0.3 is 14.6 Å². The summed E-state index contributed by atoms with van der Waals surface area (Å²) in [5.74, 6) is -0.316. The number of nitrogens with zero attached hydrogens (tertiary/aromatic N) is 1. The molecule has 0 saturated carbocycles. The van der Waals surface area contributed by atoms with Crippen molar-refractivity contribution in [3.63, 3.8) is 0 Å². The van der Waals surface area contributed by atoms with Gasteiger partial charge in [-0.3, -0.25) is 9.59 Å². The number of benzene rings is 1. The van der Waals surface area contributed by atoms with Gasteiger partial charge in [0.25, 0.3) is 5.91 Å². The number of nitrogens with one attached hydrogen (secondary N) is 1. The first-order chi connectivity index (χ1) is 11.5. The Balaban J connectivity index is 1.80. The highest BCUT2D eigenvalue weighted by Crippen LogP contribution is 2.28. The van der Waals surface area contributed by atoms with Gasteiger partial charge in [-0.15, -0.1) is 0 Å². The fourth-order valence-corrected chi connectivity index (χ4v) is 3.56. The number of halogens is 1. The number of carbonyl (C=O) groups is 1. The lowest BCUT2D eigenvalue weighted by Gasteiger charge is -2.10. The molecule has 3 rings (SSSR count).